The largest absolute Gasteiger partial charge is 0.503 e. The molecule has 2 N–H and O–H groups in total. The van der Waals surface area contributed by atoms with Crippen molar-refractivity contribution < 1.29 is 23.0 Å². The normalized spacial score (nSPS) is 16.5. The van der Waals surface area contributed by atoms with Crippen molar-refractivity contribution in [2.45, 2.75) is 25.1 Å². The van der Waals surface area contributed by atoms with Gasteiger partial charge in [0.2, 0.25) is 0 Å². The Balaban J connectivity index is 0.00000288. The van der Waals surface area contributed by atoms with Gasteiger partial charge in [0.1, 0.15) is 0 Å². The van der Waals surface area contributed by atoms with Crippen LogP contribution in [0.3, 0.4) is 0 Å². The van der Waals surface area contributed by atoms with Gasteiger partial charge in [-0.3, -0.25) is 4.90 Å². The molecule has 0 aliphatic carbocycles. The Morgan fingerprint density at radius 3 is 2.40 bits per heavy atom. The second-order valence-corrected chi connectivity index (χ2v) is 6.36. The molecule has 1 atom stereocenters. The Hall–Kier alpha value is -0.410. The molecule has 146 valence electrons. The predicted molar refractivity (Wildman–Crippen MR) is 99.3 cm³/mol. The number of aromatic hydroxyl groups is 1. The lowest BCUT2D eigenvalue weighted by atomic mass is 9.98. The fraction of sp³-hybridized carbons (Fsp3) is 0.600. The van der Waals surface area contributed by atoms with Gasteiger partial charge in [0.25, 0.3) is 0 Å². The Morgan fingerprint density at radius 2 is 1.88 bits per heavy atom. The van der Waals surface area contributed by atoms with Gasteiger partial charge in [0.15, 0.2) is 11.5 Å². The average Bonchev–Trinajstić information content (AvgIpc) is 2.50. The first-order valence-corrected chi connectivity index (χ1v) is 8.19. The van der Waals surface area contributed by atoms with E-state index in [0.29, 0.717) is 23.1 Å². The Bertz CT molecular complexity index is 544. The zero-order valence-electron chi connectivity index (χ0n) is 13.6. The molecule has 2 rings (SSSR count). The van der Waals surface area contributed by atoms with Crippen LogP contribution >= 0.6 is 40.7 Å². The minimum Gasteiger partial charge on any atom is -0.503 e. The summed E-state index contributed by atoms with van der Waals surface area (Å²) in [6.45, 7) is 2.87. The summed E-state index contributed by atoms with van der Waals surface area (Å²) in [4.78, 5) is 2.04. The van der Waals surface area contributed by atoms with Gasteiger partial charge in [-0.1, -0.05) is 0 Å². The summed E-state index contributed by atoms with van der Waals surface area (Å²) in [5, 5.41) is 13.1. The number of alkyl halides is 3. The van der Waals surface area contributed by atoms with E-state index in [1.54, 1.807) is 12.1 Å². The number of ether oxygens (including phenoxy) is 1. The highest BCUT2D eigenvalue weighted by Crippen LogP contribution is 2.40. The zero-order valence-corrected chi connectivity index (χ0v) is 16.8. The van der Waals surface area contributed by atoms with Crippen LogP contribution < -0.4 is 10.1 Å². The van der Waals surface area contributed by atoms with Crippen molar-refractivity contribution in [3.8, 4) is 11.5 Å². The monoisotopic (exact) mass is 468 g/mol. The topological polar surface area (TPSA) is 44.7 Å². The van der Waals surface area contributed by atoms with Gasteiger partial charge in [-0.2, -0.15) is 13.2 Å². The molecule has 10 heteroatoms. The van der Waals surface area contributed by atoms with Crippen molar-refractivity contribution in [2.75, 3.05) is 33.3 Å². The van der Waals surface area contributed by atoms with E-state index in [1.807, 2.05) is 4.90 Å². The number of rotatable bonds is 5. The number of hydrogen-bond donors (Lipinski definition) is 2. The first-order valence-electron chi connectivity index (χ1n) is 7.39. The van der Waals surface area contributed by atoms with Crippen molar-refractivity contribution in [1.82, 2.24) is 10.2 Å². The zero-order chi connectivity index (χ0) is 17.0. The van der Waals surface area contributed by atoms with Crippen LogP contribution in [0.2, 0.25) is 0 Å². The fourth-order valence-corrected chi connectivity index (χ4v) is 3.26. The molecule has 1 aromatic carbocycles. The number of phenolic OH excluding ortho intramolecular Hbond substituents is 1. The molecule has 0 spiro atoms. The van der Waals surface area contributed by atoms with Crippen molar-refractivity contribution in [1.29, 1.82) is 0 Å². The number of hydrogen-bond acceptors (Lipinski definition) is 4. The maximum absolute atomic E-state index is 12.7. The van der Waals surface area contributed by atoms with E-state index in [9.17, 15) is 18.3 Å². The number of methoxy groups -OCH3 is 1. The minimum absolute atomic E-state index is 0. The lowest BCUT2D eigenvalue weighted by molar-refractivity contribution is -0.138. The molecule has 1 aliphatic heterocycles. The molecule has 1 aromatic rings. The van der Waals surface area contributed by atoms with Crippen LogP contribution in [-0.4, -0.2) is 49.5 Å². The number of phenols is 1. The summed E-state index contributed by atoms with van der Waals surface area (Å²) in [5.41, 5.74) is 0.706. The van der Waals surface area contributed by atoms with Crippen LogP contribution in [0.1, 0.15) is 24.4 Å². The van der Waals surface area contributed by atoms with Gasteiger partial charge < -0.3 is 15.2 Å². The maximum Gasteiger partial charge on any atom is 0.389 e. The van der Waals surface area contributed by atoms with E-state index >= 15 is 0 Å². The molecule has 4 nitrogen and oxygen atoms in total. The van der Waals surface area contributed by atoms with Crippen molar-refractivity contribution >= 4 is 40.7 Å². The summed E-state index contributed by atoms with van der Waals surface area (Å²) in [6, 6.07) is 2.91. The van der Waals surface area contributed by atoms with Crippen molar-refractivity contribution in [3.63, 3.8) is 0 Å². The Kier molecular flexibility index (Phi) is 10.5. The second kappa shape index (κ2) is 10.7. The third kappa shape index (κ3) is 7.02. The third-order valence-electron chi connectivity index (χ3n) is 3.95. The van der Waals surface area contributed by atoms with Crippen LogP contribution in [0.25, 0.3) is 0 Å². The molecule has 0 bridgehead atoms. The molecule has 1 fully saturated rings. The summed E-state index contributed by atoms with van der Waals surface area (Å²) < 4.78 is 43.6. The molecule has 1 saturated heterocycles. The Labute approximate surface area is 166 Å². The molecule has 25 heavy (non-hydrogen) atoms. The third-order valence-corrected chi connectivity index (χ3v) is 4.55. The molecular weight excluding hydrogens is 448 g/mol. The second-order valence-electron chi connectivity index (χ2n) is 5.51. The highest BCUT2D eigenvalue weighted by Gasteiger charge is 2.31. The summed E-state index contributed by atoms with van der Waals surface area (Å²) in [6.07, 6.45) is -5.06. The number of nitrogens with one attached hydrogen (secondary N) is 1. The SMILES string of the molecule is COc1cc([C@H](CCC(F)(F)F)N2CCNCC2)cc(Br)c1O.Cl.Cl. The maximum atomic E-state index is 12.7. The van der Waals surface area contributed by atoms with Crippen LogP contribution in [0.15, 0.2) is 16.6 Å². The minimum atomic E-state index is -4.19. The van der Waals surface area contributed by atoms with Crippen LogP contribution in [0.5, 0.6) is 11.5 Å². The highest BCUT2D eigenvalue weighted by molar-refractivity contribution is 9.10. The quantitative estimate of drug-likeness (QED) is 0.674. The van der Waals surface area contributed by atoms with Gasteiger partial charge in [-0.15, -0.1) is 24.8 Å². The van der Waals surface area contributed by atoms with Crippen molar-refractivity contribution in [2.24, 2.45) is 0 Å². The van der Waals surface area contributed by atoms with Gasteiger partial charge in [-0.25, -0.2) is 0 Å². The highest BCUT2D eigenvalue weighted by atomic mass is 79.9. The van der Waals surface area contributed by atoms with Gasteiger partial charge >= 0.3 is 6.18 Å². The summed E-state index contributed by atoms with van der Waals surface area (Å²) >= 11 is 3.24. The Morgan fingerprint density at radius 1 is 1.28 bits per heavy atom. The number of benzene rings is 1. The van der Waals surface area contributed by atoms with Crippen LogP contribution in [0.4, 0.5) is 13.2 Å². The van der Waals surface area contributed by atoms with E-state index in [0.717, 1.165) is 13.1 Å². The van der Waals surface area contributed by atoms with E-state index in [4.69, 9.17) is 4.74 Å². The van der Waals surface area contributed by atoms with E-state index in [2.05, 4.69) is 21.2 Å². The summed E-state index contributed by atoms with van der Waals surface area (Å²) in [7, 11) is 1.42. The lowest BCUT2D eigenvalue weighted by Crippen LogP contribution is -2.45. The predicted octanol–water partition coefficient (Wildman–Crippen LogP) is 4.30. The molecule has 1 aliphatic rings. The number of nitrogens with zero attached hydrogens (tertiary/aromatic N) is 1. The molecule has 0 saturated carbocycles. The summed E-state index contributed by atoms with van der Waals surface area (Å²) in [5.74, 6) is 0.202. The average molecular weight is 470 g/mol. The fourth-order valence-electron chi connectivity index (χ4n) is 2.80. The molecular formula is C15H22BrCl2F3N2O2. The number of halogens is 6. The standard InChI is InChI=1S/C15H20BrF3N2O2.2ClH/c1-23-13-9-10(8-11(16)14(13)22)12(2-3-15(17,18)19)21-6-4-20-5-7-21;;/h8-9,12,20,22H,2-7H2,1H3;2*1H/t12-;;/m0../s1. The smallest absolute Gasteiger partial charge is 0.389 e. The number of piperazine rings is 1. The van der Waals surface area contributed by atoms with E-state index in [-0.39, 0.29) is 48.8 Å². The molecule has 0 aromatic heterocycles. The molecule has 1 heterocycles. The first-order chi connectivity index (χ1) is 10.8. The van der Waals surface area contributed by atoms with Crippen LogP contribution in [0, 0.1) is 0 Å². The lowest BCUT2D eigenvalue weighted by Gasteiger charge is -2.35. The van der Waals surface area contributed by atoms with Crippen molar-refractivity contribution in [3.05, 3.63) is 22.2 Å². The first kappa shape index (κ1) is 24.6. The molecule has 0 radical (unpaired) electrons. The van der Waals surface area contributed by atoms with Gasteiger partial charge in [-0.05, 0) is 40.0 Å². The van der Waals surface area contributed by atoms with Gasteiger partial charge in [0.05, 0.1) is 11.6 Å². The van der Waals surface area contributed by atoms with Gasteiger partial charge in [0, 0.05) is 38.6 Å². The molecule has 0 unspecified atom stereocenters. The van der Waals surface area contributed by atoms with Crippen LogP contribution in [-0.2, 0) is 0 Å². The van der Waals surface area contributed by atoms with E-state index in [1.165, 1.54) is 7.11 Å². The van der Waals surface area contributed by atoms with E-state index < -0.39 is 12.6 Å². The molecule has 0 amide bonds.